The molecule has 0 aliphatic rings. The monoisotopic (exact) mass is 178 g/mol. The highest BCUT2D eigenvalue weighted by Gasteiger charge is 2.01. The molecule has 0 N–H and O–H groups in total. The fourth-order valence-electron chi connectivity index (χ4n) is 0.685. The van der Waals surface area contributed by atoms with Gasteiger partial charge in [0.2, 0.25) is 0 Å². The van der Waals surface area contributed by atoms with Gasteiger partial charge in [-0.05, 0) is 6.07 Å². The zero-order valence-corrected chi connectivity index (χ0v) is 6.87. The summed E-state index contributed by atoms with van der Waals surface area (Å²) in [5.41, 5.74) is 0.375. The number of carbonyl (C=O) groups excluding carboxylic acids is 2. The third-order valence-corrected chi connectivity index (χ3v) is 1.29. The van der Waals surface area contributed by atoms with Gasteiger partial charge >= 0.3 is 5.97 Å². The Kier molecular flexibility index (Phi) is 2.87. The predicted octanol–water partition coefficient (Wildman–Crippen LogP) is 0.617. The van der Waals surface area contributed by atoms with Gasteiger partial charge in [-0.3, -0.25) is 4.79 Å². The van der Waals surface area contributed by atoms with E-state index in [2.05, 4.69) is 16.6 Å². The fourth-order valence-corrected chi connectivity index (χ4v) is 0.685. The van der Waals surface area contributed by atoms with Gasteiger partial charge in [-0.2, -0.15) is 0 Å². The SMILES string of the molecule is COC(=O)C#Cc1ccoc1C=O. The van der Waals surface area contributed by atoms with E-state index in [4.69, 9.17) is 4.42 Å². The minimum atomic E-state index is -0.655. The Morgan fingerprint density at radius 2 is 2.46 bits per heavy atom. The van der Waals surface area contributed by atoms with Gasteiger partial charge in [0, 0.05) is 5.92 Å². The topological polar surface area (TPSA) is 56.5 Å². The minimum Gasteiger partial charge on any atom is -0.460 e. The first-order chi connectivity index (χ1) is 6.27. The van der Waals surface area contributed by atoms with Crippen LogP contribution in [0.2, 0.25) is 0 Å². The second-order valence-electron chi connectivity index (χ2n) is 2.06. The second kappa shape index (κ2) is 4.12. The summed E-state index contributed by atoms with van der Waals surface area (Å²) in [6.07, 6.45) is 1.85. The third-order valence-electron chi connectivity index (χ3n) is 1.29. The number of carbonyl (C=O) groups is 2. The van der Waals surface area contributed by atoms with Crippen molar-refractivity contribution in [1.82, 2.24) is 0 Å². The van der Waals surface area contributed by atoms with Crippen LogP contribution in [0.3, 0.4) is 0 Å². The zero-order chi connectivity index (χ0) is 9.68. The van der Waals surface area contributed by atoms with Gasteiger partial charge < -0.3 is 9.15 Å². The molecule has 1 rings (SSSR count). The Labute approximate surface area is 74.5 Å². The first kappa shape index (κ1) is 9.07. The molecule has 0 atom stereocenters. The van der Waals surface area contributed by atoms with Crippen LogP contribution < -0.4 is 0 Å². The molecule has 1 aromatic rings. The Bertz CT molecular complexity index is 378. The van der Waals surface area contributed by atoms with E-state index in [1.54, 1.807) is 0 Å². The van der Waals surface area contributed by atoms with Crippen molar-refractivity contribution in [1.29, 1.82) is 0 Å². The van der Waals surface area contributed by atoms with Crippen molar-refractivity contribution >= 4 is 12.3 Å². The molecule has 0 saturated carbocycles. The van der Waals surface area contributed by atoms with Gasteiger partial charge in [-0.25, -0.2) is 4.79 Å². The fraction of sp³-hybridized carbons (Fsp3) is 0.111. The largest absolute Gasteiger partial charge is 0.460 e. The molecule has 0 bridgehead atoms. The highest BCUT2D eigenvalue weighted by Crippen LogP contribution is 2.05. The number of furan rings is 1. The molecule has 0 spiro atoms. The Balaban J connectivity index is 2.88. The molecule has 0 aliphatic carbocycles. The molecule has 0 amide bonds. The van der Waals surface area contributed by atoms with Crippen molar-refractivity contribution in [2.24, 2.45) is 0 Å². The van der Waals surface area contributed by atoms with Crippen molar-refractivity contribution < 1.29 is 18.7 Å². The summed E-state index contributed by atoms with van der Waals surface area (Å²) < 4.78 is 9.05. The van der Waals surface area contributed by atoms with E-state index < -0.39 is 5.97 Å². The molecular formula is C9H6O4. The van der Waals surface area contributed by atoms with Crippen LogP contribution >= 0.6 is 0 Å². The Hall–Kier alpha value is -2.02. The molecular weight excluding hydrogens is 172 g/mol. The molecule has 0 radical (unpaired) electrons. The Morgan fingerprint density at radius 1 is 1.69 bits per heavy atom. The first-order valence-electron chi connectivity index (χ1n) is 3.40. The lowest BCUT2D eigenvalue weighted by Gasteiger charge is -1.84. The van der Waals surface area contributed by atoms with Gasteiger partial charge in [0.25, 0.3) is 0 Å². The van der Waals surface area contributed by atoms with Crippen LogP contribution in [0.4, 0.5) is 0 Å². The predicted molar refractivity (Wildman–Crippen MR) is 43.0 cm³/mol. The second-order valence-corrected chi connectivity index (χ2v) is 2.06. The maximum absolute atomic E-state index is 10.6. The third kappa shape index (κ3) is 2.20. The van der Waals surface area contributed by atoms with Crippen LogP contribution in [0.5, 0.6) is 0 Å². The van der Waals surface area contributed by atoms with Gasteiger partial charge in [-0.15, -0.1) is 0 Å². The molecule has 0 aliphatic heterocycles. The van der Waals surface area contributed by atoms with Crippen LogP contribution in [0.1, 0.15) is 16.1 Å². The van der Waals surface area contributed by atoms with Gasteiger partial charge in [0.05, 0.1) is 18.9 Å². The van der Waals surface area contributed by atoms with Crippen molar-refractivity contribution in [3.05, 3.63) is 23.7 Å². The number of rotatable bonds is 1. The summed E-state index contributed by atoms with van der Waals surface area (Å²) in [6.45, 7) is 0. The smallest absolute Gasteiger partial charge is 0.384 e. The molecule has 0 aromatic carbocycles. The summed E-state index contributed by atoms with van der Waals surface area (Å²) in [4.78, 5) is 20.9. The number of methoxy groups -OCH3 is 1. The minimum absolute atomic E-state index is 0.108. The van der Waals surface area contributed by atoms with E-state index >= 15 is 0 Å². The highest BCUT2D eigenvalue weighted by molar-refractivity contribution is 5.89. The first-order valence-corrected chi connectivity index (χ1v) is 3.40. The van der Waals surface area contributed by atoms with Crippen LogP contribution in [-0.4, -0.2) is 19.4 Å². The lowest BCUT2D eigenvalue weighted by Crippen LogP contribution is -1.94. The molecule has 66 valence electrons. The van der Waals surface area contributed by atoms with Gasteiger partial charge in [0.1, 0.15) is 0 Å². The Morgan fingerprint density at radius 3 is 3.08 bits per heavy atom. The van der Waals surface area contributed by atoms with E-state index in [1.165, 1.54) is 19.4 Å². The van der Waals surface area contributed by atoms with Crippen molar-refractivity contribution in [2.75, 3.05) is 7.11 Å². The van der Waals surface area contributed by atoms with Gasteiger partial charge in [0.15, 0.2) is 12.0 Å². The summed E-state index contributed by atoms with van der Waals surface area (Å²) in [6, 6.07) is 1.50. The molecule has 0 unspecified atom stereocenters. The summed E-state index contributed by atoms with van der Waals surface area (Å²) >= 11 is 0. The average Bonchev–Trinajstić information content (AvgIpc) is 2.61. The average molecular weight is 178 g/mol. The quantitative estimate of drug-likeness (QED) is 0.359. The maximum atomic E-state index is 10.6. The highest BCUT2D eigenvalue weighted by atomic mass is 16.5. The lowest BCUT2D eigenvalue weighted by molar-refractivity contribution is -0.133. The van der Waals surface area contributed by atoms with E-state index in [9.17, 15) is 9.59 Å². The van der Waals surface area contributed by atoms with Crippen molar-refractivity contribution in [2.45, 2.75) is 0 Å². The number of hydrogen-bond acceptors (Lipinski definition) is 4. The van der Waals surface area contributed by atoms with Crippen LogP contribution in [-0.2, 0) is 9.53 Å². The van der Waals surface area contributed by atoms with Crippen molar-refractivity contribution in [3.63, 3.8) is 0 Å². The molecule has 13 heavy (non-hydrogen) atoms. The van der Waals surface area contributed by atoms with Crippen LogP contribution in [0.15, 0.2) is 16.7 Å². The number of ether oxygens (including phenoxy) is 1. The normalized spacial score (nSPS) is 8.38. The van der Waals surface area contributed by atoms with E-state index in [0.717, 1.165) is 0 Å². The number of esters is 1. The van der Waals surface area contributed by atoms with E-state index in [1.807, 2.05) is 0 Å². The lowest BCUT2D eigenvalue weighted by atomic mass is 10.2. The summed E-state index contributed by atoms with van der Waals surface area (Å²) in [7, 11) is 1.23. The number of aldehydes is 1. The molecule has 1 aromatic heterocycles. The van der Waals surface area contributed by atoms with E-state index in [0.29, 0.717) is 11.8 Å². The maximum Gasteiger partial charge on any atom is 0.384 e. The molecule has 0 saturated heterocycles. The van der Waals surface area contributed by atoms with Crippen molar-refractivity contribution in [3.8, 4) is 11.8 Å². The molecule has 4 heteroatoms. The summed E-state index contributed by atoms with van der Waals surface area (Å²) in [5, 5.41) is 0. The molecule has 4 nitrogen and oxygen atoms in total. The van der Waals surface area contributed by atoms with E-state index in [-0.39, 0.29) is 5.76 Å². The van der Waals surface area contributed by atoms with Gasteiger partial charge in [-0.1, -0.05) is 5.92 Å². The summed E-state index contributed by atoms with van der Waals surface area (Å²) in [5.74, 6) is 4.08. The molecule has 1 heterocycles. The van der Waals surface area contributed by atoms with Crippen LogP contribution in [0, 0.1) is 11.8 Å². The number of hydrogen-bond donors (Lipinski definition) is 0. The standard InChI is InChI=1S/C9H6O4/c1-12-9(11)3-2-7-4-5-13-8(7)6-10/h4-6H,1H3. The molecule has 0 fully saturated rings. The van der Waals surface area contributed by atoms with Crippen LogP contribution in [0.25, 0.3) is 0 Å². The zero-order valence-electron chi connectivity index (χ0n) is 6.87.